The number of amides is 1. The molecule has 0 fully saturated rings. The van der Waals surface area contributed by atoms with Gasteiger partial charge in [-0.3, -0.25) is 4.79 Å². The molecule has 0 bridgehead atoms. The topological polar surface area (TPSA) is 77.2 Å². The fraction of sp³-hybridized carbons (Fsp3) is 0.250. The van der Waals surface area contributed by atoms with Gasteiger partial charge in [0.1, 0.15) is 5.75 Å². The molecule has 3 aromatic rings. The minimum Gasteiger partial charge on any atom is -0.496 e. The quantitative estimate of drug-likeness (QED) is 0.728. The van der Waals surface area contributed by atoms with E-state index in [0.717, 1.165) is 22.4 Å². The van der Waals surface area contributed by atoms with Gasteiger partial charge in [0.25, 0.3) is 5.89 Å². The Morgan fingerprint density at radius 3 is 2.73 bits per heavy atom. The van der Waals surface area contributed by atoms with Crippen LogP contribution in [0.4, 0.5) is 5.69 Å². The molecule has 0 aliphatic heterocycles. The number of nitrogens with one attached hydrogen (secondary N) is 1. The Kier molecular flexibility index (Phi) is 5.31. The van der Waals surface area contributed by atoms with Crippen molar-refractivity contribution in [2.24, 2.45) is 0 Å². The molecule has 0 radical (unpaired) electrons. The van der Waals surface area contributed by atoms with E-state index in [0.29, 0.717) is 24.0 Å². The Morgan fingerprint density at radius 2 is 1.96 bits per heavy atom. The number of benzene rings is 2. The van der Waals surface area contributed by atoms with Crippen molar-refractivity contribution in [3.8, 4) is 17.2 Å². The number of methoxy groups -OCH3 is 1. The van der Waals surface area contributed by atoms with E-state index < -0.39 is 0 Å². The van der Waals surface area contributed by atoms with Gasteiger partial charge < -0.3 is 14.5 Å². The van der Waals surface area contributed by atoms with Crippen LogP contribution >= 0.6 is 0 Å². The highest BCUT2D eigenvalue weighted by atomic mass is 16.5. The minimum atomic E-state index is -0.0889. The molecule has 1 aromatic heterocycles. The molecule has 0 unspecified atom stereocenters. The molecule has 1 N–H and O–H groups in total. The number of hydrogen-bond acceptors (Lipinski definition) is 5. The smallest absolute Gasteiger partial charge is 0.251 e. The van der Waals surface area contributed by atoms with E-state index in [1.807, 2.05) is 56.3 Å². The summed E-state index contributed by atoms with van der Waals surface area (Å²) in [7, 11) is 1.59. The third-order valence-electron chi connectivity index (χ3n) is 4.03. The molecule has 1 heterocycles. The van der Waals surface area contributed by atoms with E-state index in [1.54, 1.807) is 7.11 Å². The van der Waals surface area contributed by atoms with Gasteiger partial charge in [-0.2, -0.15) is 0 Å². The van der Waals surface area contributed by atoms with E-state index in [9.17, 15) is 4.79 Å². The van der Waals surface area contributed by atoms with Crippen LogP contribution in [0.2, 0.25) is 0 Å². The maximum atomic E-state index is 12.2. The zero-order chi connectivity index (χ0) is 18.5. The summed E-state index contributed by atoms with van der Waals surface area (Å²) in [6.07, 6.45) is 0.639. The van der Waals surface area contributed by atoms with Crippen molar-refractivity contribution in [2.45, 2.75) is 26.7 Å². The van der Waals surface area contributed by atoms with Crippen molar-refractivity contribution in [3.63, 3.8) is 0 Å². The zero-order valence-electron chi connectivity index (χ0n) is 15.1. The van der Waals surface area contributed by atoms with Gasteiger partial charge in [-0.05, 0) is 37.6 Å². The Labute approximate surface area is 152 Å². The highest BCUT2D eigenvalue weighted by molar-refractivity contribution is 5.91. The molecule has 0 aliphatic rings. The first-order chi connectivity index (χ1) is 12.6. The van der Waals surface area contributed by atoms with Crippen molar-refractivity contribution in [2.75, 3.05) is 12.4 Å². The lowest BCUT2D eigenvalue weighted by Crippen LogP contribution is -2.13. The summed E-state index contributed by atoms with van der Waals surface area (Å²) in [5.41, 5.74) is 3.75. The molecule has 0 atom stereocenters. The van der Waals surface area contributed by atoms with E-state index in [-0.39, 0.29) is 12.3 Å². The predicted molar refractivity (Wildman–Crippen MR) is 99.2 cm³/mol. The number of carbonyl (C=O) groups is 1. The van der Waals surface area contributed by atoms with Crippen molar-refractivity contribution in [1.29, 1.82) is 0 Å². The summed E-state index contributed by atoms with van der Waals surface area (Å²) < 4.78 is 11.0. The Hall–Kier alpha value is -3.15. The average molecular weight is 351 g/mol. The number of ether oxygens (including phenoxy) is 1. The number of para-hydroxylation sites is 1. The monoisotopic (exact) mass is 351 g/mol. The number of nitrogens with zero attached hydrogens (tertiary/aromatic N) is 2. The van der Waals surface area contributed by atoms with Gasteiger partial charge in [0.15, 0.2) is 0 Å². The molecular formula is C20H21N3O3. The molecule has 6 nitrogen and oxygen atoms in total. The second kappa shape index (κ2) is 7.82. The molecule has 0 saturated heterocycles. The van der Waals surface area contributed by atoms with E-state index in [2.05, 4.69) is 15.5 Å². The van der Waals surface area contributed by atoms with Crippen LogP contribution in [0.25, 0.3) is 11.5 Å². The summed E-state index contributed by atoms with van der Waals surface area (Å²) in [5.74, 6) is 1.37. The lowest BCUT2D eigenvalue weighted by Gasteiger charge is -2.08. The van der Waals surface area contributed by atoms with Crippen molar-refractivity contribution < 1.29 is 13.9 Å². The highest BCUT2D eigenvalue weighted by Crippen LogP contribution is 2.28. The van der Waals surface area contributed by atoms with Gasteiger partial charge >= 0.3 is 0 Å². The van der Waals surface area contributed by atoms with E-state index in [4.69, 9.17) is 9.15 Å². The number of carbonyl (C=O) groups excluding carboxylic acids is 1. The lowest BCUT2D eigenvalue weighted by molar-refractivity contribution is -0.116. The summed E-state index contributed by atoms with van der Waals surface area (Å²) >= 11 is 0. The zero-order valence-corrected chi connectivity index (χ0v) is 15.1. The Morgan fingerprint density at radius 1 is 1.15 bits per heavy atom. The van der Waals surface area contributed by atoms with Gasteiger partial charge in [-0.25, -0.2) is 0 Å². The standard InChI is InChI=1S/C20H21N3O3/c1-13-8-9-16(14(2)12-13)21-18(24)10-11-19-22-23-20(26-19)15-6-4-5-7-17(15)25-3/h4-9,12H,10-11H2,1-3H3,(H,21,24). The second-order valence-corrected chi connectivity index (χ2v) is 6.07. The summed E-state index contributed by atoms with van der Waals surface area (Å²) in [6, 6.07) is 13.3. The molecule has 6 heteroatoms. The summed E-state index contributed by atoms with van der Waals surface area (Å²) in [5, 5.41) is 11.0. The van der Waals surface area contributed by atoms with E-state index >= 15 is 0 Å². The molecule has 2 aromatic carbocycles. The fourth-order valence-corrected chi connectivity index (χ4v) is 2.67. The second-order valence-electron chi connectivity index (χ2n) is 6.07. The number of rotatable bonds is 6. The van der Waals surface area contributed by atoms with Gasteiger partial charge in [-0.1, -0.05) is 29.8 Å². The fourth-order valence-electron chi connectivity index (χ4n) is 2.67. The van der Waals surface area contributed by atoms with Crippen LogP contribution in [0.15, 0.2) is 46.9 Å². The molecule has 0 aliphatic carbocycles. The van der Waals surface area contributed by atoms with Crippen LogP contribution in [0.1, 0.15) is 23.4 Å². The number of anilines is 1. The SMILES string of the molecule is COc1ccccc1-c1nnc(CCC(=O)Nc2ccc(C)cc2C)o1. The molecule has 3 rings (SSSR count). The van der Waals surface area contributed by atoms with Crippen molar-refractivity contribution in [3.05, 3.63) is 59.5 Å². The summed E-state index contributed by atoms with van der Waals surface area (Å²) in [4.78, 5) is 12.2. The minimum absolute atomic E-state index is 0.0889. The number of hydrogen-bond donors (Lipinski definition) is 1. The van der Waals surface area contributed by atoms with Gasteiger partial charge in [0, 0.05) is 18.5 Å². The first kappa shape index (κ1) is 17.7. The van der Waals surface area contributed by atoms with Crippen LogP contribution in [0.3, 0.4) is 0 Å². The Balaban J connectivity index is 1.62. The van der Waals surface area contributed by atoms with Crippen LogP contribution in [0, 0.1) is 13.8 Å². The third-order valence-corrected chi connectivity index (χ3v) is 4.03. The molecule has 0 saturated carbocycles. The largest absolute Gasteiger partial charge is 0.496 e. The average Bonchev–Trinajstić information content (AvgIpc) is 3.11. The third kappa shape index (κ3) is 4.08. The number of aryl methyl sites for hydroxylation is 3. The maximum absolute atomic E-state index is 12.2. The first-order valence-electron chi connectivity index (χ1n) is 8.39. The summed E-state index contributed by atoms with van der Waals surface area (Å²) in [6.45, 7) is 3.99. The lowest BCUT2D eigenvalue weighted by atomic mass is 10.1. The molecule has 0 spiro atoms. The first-order valence-corrected chi connectivity index (χ1v) is 8.39. The molecule has 26 heavy (non-hydrogen) atoms. The van der Waals surface area contributed by atoms with Crippen LogP contribution in [-0.4, -0.2) is 23.2 Å². The van der Waals surface area contributed by atoms with Crippen LogP contribution < -0.4 is 10.1 Å². The Bertz CT molecular complexity index is 918. The molecule has 1 amide bonds. The van der Waals surface area contributed by atoms with Gasteiger partial charge in [-0.15, -0.1) is 10.2 Å². The molecule has 134 valence electrons. The van der Waals surface area contributed by atoms with Crippen molar-refractivity contribution >= 4 is 11.6 Å². The normalized spacial score (nSPS) is 10.6. The van der Waals surface area contributed by atoms with Crippen LogP contribution in [-0.2, 0) is 11.2 Å². The predicted octanol–water partition coefficient (Wildman–Crippen LogP) is 3.93. The van der Waals surface area contributed by atoms with Gasteiger partial charge in [0.2, 0.25) is 11.8 Å². The van der Waals surface area contributed by atoms with Gasteiger partial charge in [0.05, 0.1) is 12.7 Å². The van der Waals surface area contributed by atoms with Crippen molar-refractivity contribution in [1.82, 2.24) is 10.2 Å². The maximum Gasteiger partial charge on any atom is 0.251 e. The number of aromatic nitrogens is 2. The van der Waals surface area contributed by atoms with E-state index in [1.165, 1.54) is 0 Å². The molecular weight excluding hydrogens is 330 g/mol. The highest BCUT2D eigenvalue weighted by Gasteiger charge is 2.14. The van der Waals surface area contributed by atoms with Crippen LogP contribution in [0.5, 0.6) is 5.75 Å².